The van der Waals surface area contributed by atoms with Gasteiger partial charge in [0.2, 0.25) is 5.91 Å². The summed E-state index contributed by atoms with van der Waals surface area (Å²) in [6, 6.07) is 9.22. The van der Waals surface area contributed by atoms with Crippen LogP contribution < -0.4 is 0 Å². The fourth-order valence-corrected chi connectivity index (χ4v) is 5.78. The van der Waals surface area contributed by atoms with E-state index in [0.717, 1.165) is 39.0 Å². The van der Waals surface area contributed by atoms with Crippen LogP contribution in [-0.4, -0.2) is 41.9 Å². The number of carbonyl (C=O) groups is 1. The van der Waals surface area contributed by atoms with Gasteiger partial charge in [0.25, 0.3) is 0 Å². The normalized spacial score (nSPS) is 28.9. The van der Waals surface area contributed by atoms with Crippen molar-refractivity contribution in [3.8, 4) is 0 Å². The third-order valence-electron chi connectivity index (χ3n) is 5.47. The first kappa shape index (κ1) is 15.5. The van der Waals surface area contributed by atoms with Crippen LogP contribution >= 0.6 is 11.8 Å². The minimum atomic E-state index is 0.161. The van der Waals surface area contributed by atoms with E-state index in [1.165, 1.54) is 30.4 Å². The van der Waals surface area contributed by atoms with Crippen LogP contribution in [0.4, 0.5) is 0 Å². The van der Waals surface area contributed by atoms with E-state index in [9.17, 15) is 4.79 Å². The van der Waals surface area contributed by atoms with Gasteiger partial charge >= 0.3 is 0 Å². The molecule has 1 amide bonds. The first-order valence-corrected chi connectivity index (χ1v) is 9.88. The summed E-state index contributed by atoms with van der Waals surface area (Å²) in [6.45, 7) is 2.56. The van der Waals surface area contributed by atoms with Crippen molar-refractivity contribution in [2.75, 3.05) is 19.8 Å². The first-order valence-electron chi connectivity index (χ1n) is 8.94. The second-order valence-corrected chi connectivity index (χ2v) is 8.28. The SMILES string of the molecule is O=C1[C@@H](S[C@@H]2CCCc3ccccc32)CCN1C1CCOCC1. The second kappa shape index (κ2) is 6.86. The molecule has 0 saturated carbocycles. The predicted molar refractivity (Wildman–Crippen MR) is 93.7 cm³/mol. The van der Waals surface area contributed by atoms with E-state index in [-0.39, 0.29) is 5.25 Å². The van der Waals surface area contributed by atoms with Crippen LogP contribution in [0.25, 0.3) is 0 Å². The molecule has 1 aromatic rings. The monoisotopic (exact) mass is 331 g/mol. The molecule has 2 saturated heterocycles. The van der Waals surface area contributed by atoms with Crippen molar-refractivity contribution in [2.24, 2.45) is 0 Å². The molecule has 0 bridgehead atoms. The van der Waals surface area contributed by atoms with Crippen molar-refractivity contribution in [3.63, 3.8) is 0 Å². The molecule has 1 aliphatic carbocycles. The molecule has 23 heavy (non-hydrogen) atoms. The zero-order valence-electron chi connectivity index (χ0n) is 13.6. The van der Waals surface area contributed by atoms with Crippen molar-refractivity contribution in [2.45, 2.75) is 55.1 Å². The standard InChI is InChI=1S/C19H25NO2S/c21-19-18(8-11-20(19)15-9-12-22-13-10-15)23-17-7-3-5-14-4-1-2-6-16(14)17/h1-2,4,6,15,17-18H,3,5,7-13H2/t17-,18+/m1/s1. The molecule has 1 aromatic carbocycles. The van der Waals surface area contributed by atoms with Crippen LogP contribution in [0.15, 0.2) is 24.3 Å². The van der Waals surface area contributed by atoms with Gasteiger partial charge in [0.15, 0.2) is 0 Å². The fourth-order valence-electron chi connectivity index (χ4n) is 4.21. The molecule has 2 atom stereocenters. The van der Waals surface area contributed by atoms with Crippen LogP contribution in [0.3, 0.4) is 0 Å². The lowest BCUT2D eigenvalue weighted by molar-refractivity contribution is -0.130. The molecule has 3 aliphatic rings. The summed E-state index contributed by atoms with van der Waals surface area (Å²) in [6.07, 6.45) is 6.69. The van der Waals surface area contributed by atoms with Gasteiger partial charge in [-0.1, -0.05) is 24.3 Å². The Bertz CT molecular complexity index is 570. The molecule has 2 heterocycles. The molecule has 124 valence electrons. The molecular weight excluding hydrogens is 306 g/mol. The Morgan fingerprint density at radius 1 is 1.04 bits per heavy atom. The van der Waals surface area contributed by atoms with Crippen molar-refractivity contribution in [3.05, 3.63) is 35.4 Å². The zero-order valence-corrected chi connectivity index (χ0v) is 14.4. The number of benzene rings is 1. The predicted octanol–water partition coefficient (Wildman–Crippen LogP) is 3.58. The highest BCUT2D eigenvalue weighted by molar-refractivity contribution is 8.00. The van der Waals surface area contributed by atoms with Crippen molar-refractivity contribution >= 4 is 17.7 Å². The van der Waals surface area contributed by atoms with Crippen LogP contribution in [0, 0.1) is 0 Å². The molecule has 0 N–H and O–H groups in total. The molecule has 0 aromatic heterocycles. The van der Waals surface area contributed by atoms with E-state index >= 15 is 0 Å². The Balaban J connectivity index is 1.43. The smallest absolute Gasteiger partial charge is 0.236 e. The lowest BCUT2D eigenvalue weighted by Gasteiger charge is -2.31. The number of hydrogen-bond donors (Lipinski definition) is 0. The molecule has 2 fully saturated rings. The number of hydrogen-bond acceptors (Lipinski definition) is 3. The van der Waals surface area contributed by atoms with Gasteiger partial charge in [-0.15, -0.1) is 11.8 Å². The number of rotatable bonds is 3. The summed E-state index contributed by atoms with van der Waals surface area (Å²) < 4.78 is 5.44. The van der Waals surface area contributed by atoms with E-state index < -0.39 is 0 Å². The van der Waals surface area contributed by atoms with Crippen LogP contribution in [0.5, 0.6) is 0 Å². The molecule has 0 unspecified atom stereocenters. The van der Waals surface area contributed by atoms with E-state index in [0.29, 0.717) is 17.2 Å². The summed E-state index contributed by atoms with van der Waals surface area (Å²) in [5, 5.41) is 0.664. The summed E-state index contributed by atoms with van der Waals surface area (Å²) in [7, 11) is 0. The number of thioether (sulfide) groups is 1. The minimum Gasteiger partial charge on any atom is -0.381 e. The molecule has 2 aliphatic heterocycles. The highest BCUT2D eigenvalue weighted by Gasteiger charge is 2.38. The van der Waals surface area contributed by atoms with Gasteiger partial charge in [-0.3, -0.25) is 4.79 Å². The Morgan fingerprint density at radius 3 is 2.74 bits per heavy atom. The Morgan fingerprint density at radius 2 is 1.87 bits per heavy atom. The van der Waals surface area contributed by atoms with Gasteiger partial charge < -0.3 is 9.64 Å². The van der Waals surface area contributed by atoms with Gasteiger partial charge in [-0.25, -0.2) is 0 Å². The maximum absolute atomic E-state index is 12.9. The Labute approximate surface area is 142 Å². The minimum absolute atomic E-state index is 0.161. The Hall–Kier alpha value is -1.00. The van der Waals surface area contributed by atoms with Crippen LogP contribution in [0.2, 0.25) is 0 Å². The third kappa shape index (κ3) is 3.16. The summed E-state index contributed by atoms with van der Waals surface area (Å²) in [5.74, 6) is 0.380. The molecular formula is C19H25NO2S. The highest BCUT2D eigenvalue weighted by Crippen LogP contribution is 2.44. The topological polar surface area (TPSA) is 29.5 Å². The summed E-state index contributed by atoms with van der Waals surface area (Å²) in [5.41, 5.74) is 2.96. The van der Waals surface area contributed by atoms with E-state index in [2.05, 4.69) is 29.2 Å². The average Bonchev–Trinajstić information content (AvgIpc) is 2.97. The number of carbonyl (C=O) groups excluding carboxylic acids is 1. The lowest BCUT2D eigenvalue weighted by Crippen LogP contribution is -2.41. The summed E-state index contributed by atoms with van der Waals surface area (Å²) >= 11 is 1.92. The Kier molecular flexibility index (Phi) is 4.63. The van der Waals surface area contributed by atoms with Gasteiger partial charge in [-0.05, 0) is 49.7 Å². The number of amides is 1. The zero-order chi connectivity index (χ0) is 15.6. The van der Waals surface area contributed by atoms with Gasteiger partial charge in [0, 0.05) is 31.1 Å². The maximum atomic E-state index is 12.9. The number of nitrogens with zero attached hydrogens (tertiary/aromatic N) is 1. The third-order valence-corrected chi connectivity index (χ3v) is 7.05. The van der Waals surface area contributed by atoms with Crippen molar-refractivity contribution in [1.29, 1.82) is 0 Å². The molecule has 4 rings (SSSR count). The first-order chi connectivity index (χ1) is 11.3. The number of likely N-dealkylation sites (tertiary alicyclic amines) is 1. The van der Waals surface area contributed by atoms with Crippen molar-refractivity contribution < 1.29 is 9.53 Å². The van der Waals surface area contributed by atoms with E-state index in [4.69, 9.17) is 4.74 Å². The average molecular weight is 331 g/mol. The van der Waals surface area contributed by atoms with E-state index in [1.807, 2.05) is 11.8 Å². The number of aryl methyl sites for hydroxylation is 1. The lowest BCUT2D eigenvalue weighted by atomic mass is 9.91. The van der Waals surface area contributed by atoms with Crippen molar-refractivity contribution in [1.82, 2.24) is 4.90 Å². The van der Waals surface area contributed by atoms with E-state index in [1.54, 1.807) is 0 Å². The molecule has 3 nitrogen and oxygen atoms in total. The van der Waals surface area contributed by atoms with Gasteiger partial charge in [0.05, 0.1) is 5.25 Å². The molecule has 0 spiro atoms. The number of ether oxygens (including phenoxy) is 1. The maximum Gasteiger partial charge on any atom is 0.236 e. The second-order valence-electron chi connectivity index (χ2n) is 6.87. The molecule has 0 radical (unpaired) electrons. The molecule has 4 heteroatoms. The van der Waals surface area contributed by atoms with Gasteiger partial charge in [-0.2, -0.15) is 0 Å². The summed E-state index contributed by atoms with van der Waals surface area (Å²) in [4.78, 5) is 15.0. The fraction of sp³-hybridized carbons (Fsp3) is 0.632. The van der Waals surface area contributed by atoms with Crippen LogP contribution in [0.1, 0.15) is 48.5 Å². The van der Waals surface area contributed by atoms with Gasteiger partial charge in [0.1, 0.15) is 0 Å². The number of fused-ring (bicyclic) bond motifs is 1. The highest BCUT2D eigenvalue weighted by atomic mass is 32.2. The van der Waals surface area contributed by atoms with Crippen LogP contribution in [-0.2, 0) is 16.0 Å². The largest absolute Gasteiger partial charge is 0.381 e. The quantitative estimate of drug-likeness (QED) is 0.848.